The van der Waals surface area contributed by atoms with E-state index in [0.29, 0.717) is 13.2 Å². The second kappa shape index (κ2) is 4.74. The highest BCUT2D eigenvalue weighted by atomic mass is 32.1. The van der Waals surface area contributed by atoms with E-state index in [9.17, 15) is 4.79 Å². The normalized spacial score (nSPS) is 25.1. The van der Waals surface area contributed by atoms with E-state index < -0.39 is 0 Å². The zero-order valence-electron chi connectivity index (χ0n) is 10.7. The average Bonchev–Trinajstić information content (AvgIpc) is 2.60. The van der Waals surface area contributed by atoms with Crippen molar-refractivity contribution in [3.8, 4) is 0 Å². The Labute approximate surface area is 106 Å². The van der Waals surface area contributed by atoms with E-state index >= 15 is 0 Å². The van der Waals surface area contributed by atoms with Crippen LogP contribution in [-0.2, 0) is 4.74 Å². The molecular formula is C12H18N2O2S. The summed E-state index contributed by atoms with van der Waals surface area (Å²) in [5, 5.41) is 0.944. The standard InChI is InChI=1S/C12H18N2O2S/c1-7-6-16-8(2)5-14(7)12(15)11-9(3)13-10(4)17-11/h7-8H,5-6H2,1-4H3/t7-,8-/m0/s1. The summed E-state index contributed by atoms with van der Waals surface area (Å²) in [7, 11) is 0. The molecule has 0 bridgehead atoms. The molecule has 1 aromatic heterocycles. The molecule has 0 unspecified atom stereocenters. The van der Waals surface area contributed by atoms with E-state index in [2.05, 4.69) is 4.98 Å². The average molecular weight is 254 g/mol. The lowest BCUT2D eigenvalue weighted by molar-refractivity contribution is -0.0385. The lowest BCUT2D eigenvalue weighted by Gasteiger charge is -2.36. The van der Waals surface area contributed by atoms with E-state index in [4.69, 9.17) is 4.74 Å². The molecule has 1 saturated heterocycles. The van der Waals surface area contributed by atoms with Crippen molar-refractivity contribution in [3.05, 3.63) is 15.6 Å². The predicted octanol–water partition coefficient (Wildman–Crippen LogP) is 2.01. The molecule has 2 atom stereocenters. The van der Waals surface area contributed by atoms with Crippen LogP contribution in [0.15, 0.2) is 0 Å². The Balaban J connectivity index is 2.21. The van der Waals surface area contributed by atoms with E-state index in [1.54, 1.807) is 0 Å². The first-order chi connectivity index (χ1) is 7.99. The van der Waals surface area contributed by atoms with Gasteiger partial charge in [0, 0.05) is 6.54 Å². The highest BCUT2D eigenvalue weighted by molar-refractivity contribution is 7.13. The number of carbonyl (C=O) groups excluding carboxylic acids is 1. The Hall–Kier alpha value is -0.940. The lowest BCUT2D eigenvalue weighted by atomic mass is 10.2. The van der Waals surface area contributed by atoms with Crippen molar-refractivity contribution in [2.45, 2.75) is 39.8 Å². The third-order valence-corrected chi connectivity index (χ3v) is 4.03. The molecule has 0 aromatic carbocycles. The third kappa shape index (κ3) is 2.50. The van der Waals surface area contributed by atoms with Gasteiger partial charge in [-0.1, -0.05) is 0 Å². The van der Waals surface area contributed by atoms with Gasteiger partial charge in [0.25, 0.3) is 5.91 Å². The summed E-state index contributed by atoms with van der Waals surface area (Å²) in [6, 6.07) is 0.139. The molecule has 0 aliphatic carbocycles. The molecule has 1 aromatic rings. The minimum Gasteiger partial charge on any atom is -0.375 e. The van der Waals surface area contributed by atoms with Crippen LogP contribution >= 0.6 is 11.3 Å². The van der Waals surface area contributed by atoms with Crippen molar-refractivity contribution < 1.29 is 9.53 Å². The van der Waals surface area contributed by atoms with Gasteiger partial charge in [-0.15, -0.1) is 11.3 Å². The summed E-state index contributed by atoms with van der Waals surface area (Å²) < 4.78 is 5.54. The fourth-order valence-electron chi connectivity index (χ4n) is 2.05. The maximum Gasteiger partial charge on any atom is 0.266 e. The molecular weight excluding hydrogens is 236 g/mol. The minimum absolute atomic E-state index is 0.0933. The maximum atomic E-state index is 12.4. The number of amides is 1. The van der Waals surface area contributed by atoms with Crippen LogP contribution in [-0.4, -0.2) is 41.1 Å². The van der Waals surface area contributed by atoms with Crippen LogP contribution in [0.2, 0.25) is 0 Å². The summed E-state index contributed by atoms with van der Waals surface area (Å²) in [5.41, 5.74) is 0.837. The first-order valence-electron chi connectivity index (χ1n) is 5.85. The number of aromatic nitrogens is 1. The van der Waals surface area contributed by atoms with Crippen molar-refractivity contribution in [2.75, 3.05) is 13.2 Å². The molecule has 0 spiro atoms. The lowest BCUT2D eigenvalue weighted by Crippen LogP contribution is -2.50. The van der Waals surface area contributed by atoms with E-state index in [-0.39, 0.29) is 18.1 Å². The predicted molar refractivity (Wildman–Crippen MR) is 67.5 cm³/mol. The quantitative estimate of drug-likeness (QED) is 0.770. The number of ether oxygens (including phenoxy) is 1. The smallest absolute Gasteiger partial charge is 0.266 e. The summed E-state index contributed by atoms with van der Waals surface area (Å²) in [4.78, 5) is 19.4. The van der Waals surface area contributed by atoms with Gasteiger partial charge < -0.3 is 9.64 Å². The van der Waals surface area contributed by atoms with E-state index in [1.807, 2.05) is 32.6 Å². The van der Waals surface area contributed by atoms with Gasteiger partial charge in [0.05, 0.1) is 29.5 Å². The number of aryl methyl sites for hydroxylation is 2. The van der Waals surface area contributed by atoms with Gasteiger partial charge in [0.2, 0.25) is 0 Å². The van der Waals surface area contributed by atoms with E-state index in [0.717, 1.165) is 15.6 Å². The molecule has 4 nitrogen and oxygen atoms in total. The largest absolute Gasteiger partial charge is 0.375 e. The minimum atomic E-state index is 0.0933. The van der Waals surface area contributed by atoms with Gasteiger partial charge >= 0.3 is 0 Å². The number of carbonyl (C=O) groups is 1. The molecule has 2 heterocycles. The number of nitrogens with zero attached hydrogens (tertiary/aromatic N) is 2. The number of thiazole rings is 1. The van der Waals surface area contributed by atoms with Crippen molar-refractivity contribution in [2.24, 2.45) is 0 Å². The molecule has 0 saturated carbocycles. The van der Waals surface area contributed by atoms with Crippen molar-refractivity contribution in [3.63, 3.8) is 0 Å². The fourth-order valence-corrected chi connectivity index (χ4v) is 2.92. The molecule has 1 fully saturated rings. The number of morpholine rings is 1. The Bertz CT molecular complexity index is 430. The third-order valence-electron chi connectivity index (χ3n) is 2.97. The first kappa shape index (κ1) is 12.5. The molecule has 1 aliphatic heterocycles. The molecule has 17 heavy (non-hydrogen) atoms. The summed E-state index contributed by atoms with van der Waals surface area (Å²) >= 11 is 1.48. The van der Waals surface area contributed by atoms with Crippen LogP contribution in [0.1, 0.15) is 34.2 Å². The Morgan fingerprint density at radius 2 is 2.18 bits per heavy atom. The first-order valence-corrected chi connectivity index (χ1v) is 6.67. The van der Waals surface area contributed by atoms with Crippen LogP contribution in [0.3, 0.4) is 0 Å². The topological polar surface area (TPSA) is 42.4 Å². The second-order valence-electron chi connectivity index (χ2n) is 4.60. The highest BCUT2D eigenvalue weighted by Crippen LogP contribution is 2.22. The molecule has 0 radical (unpaired) electrons. The van der Waals surface area contributed by atoms with Gasteiger partial charge in [-0.05, 0) is 27.7 Å². The van der Waals surface area contributed by atoms with Crippen LogP contribution in [0.4, 0.5) is 0 Å². The van der Waals surface area contributed by atoms with Gasteiger partial charge in [0.1, 0.15) is 4.88 Å². The number of hydrogen-bond donors (Lipinski definition) is 0. The second-order valence-corrected chi connectivity index (χ2v) is 5.80. The van der Waals surface area contributed by atoms with Gasteiger partial charge in [-0.2, -0.15) is 0 Å². The SMILES string of the molecule is Cc1nc(C)c(C(=O)N2C[C@H](C)OC[C@@H]2C)s1. The Morgan fingerprint density at radius 1 is 1.47 bits per heavy atom. The van der Waals surface area contributed by atoms with Crippen LogP contribution in [0.25, 0.3) is 0 Å². The number of hydrogen-bond acceptors (Lipinski definition) is 4. The van der Waals surface area contributed by atoms with Gasteiger partial charge in [-0.3, -0.25) is 4.79 Å². The zero-order valence-corrected chi connectivity index (χ0v) is 11.5. The number of rotatable bonds is 1. The molecule has 1 amide bonds. The molecule has 0 N–H and O–H groups in total. The van der Waals surface area contributed by atoms with Crippen LogP contribution in [0.5, 0.6) is 0 Å². The summed E-state index contributed by atoms with van der Waals surface area (Å²) in [5.74, 6) is 0.0933. The molecule has 2 rings (SSSR count). The molecule has 1 aliphatic rings. The monoisotopic (exact) mass is 254 g/mol. The fraction of sp³-hybridized carbons (Fsp3) is 0.667. The van der Waals surface area contributed by atoms with Gasteiger partial charge in [0.15, 0.2) is 0 Å². The van der Waals surface area contributed by atoms with E-state index in [1.165, 1.54) is 11.3 Å². The van der Waals surface area contributed by atoms with Crippen molar-refractivity contribution in [1.29, 1.82) is 0 Å². The zero-order chi connectivity index (χ0) is 12.6. The van der Waals surface area contributed by atoms with Crippen molar-refractivity contribution in [1.82, 2.24) is 9.88 Å². The summed E-state index contributed by atoms with van der Waals surface area (Å²) in [6.07, 6.45) is 0.115. The summed E-state index contributed by atoms with van der Waals surface area (Å²) in [6.45, 7) is 9.12. The molecule has 5 heteroatoms. The van der Waals surface area contributed by atoms with Crippen molar-refractivity contribution >= 4 is 17.2 Å². The van der Waals surface area contributed by atoms with Crippen LogP contribution in [0, 0.1) is 13.8 Å². The Morgan fingerprint density at radius 3 is 2.76 bits per heavy atom. The Kier molecular flexibility index (Phi) is 3.49. The van der Waals surface area contributed by atoms with Crippen LogP contribution < -0.4 is 0 Å². The van der Waals surface area contributed by atoms with Gasteiger partial charge in [-0.25, -0.2) is 4.98 Å². The maximum absolute atomic E-state index is 12.4. The highest BCUT2D eigenvalue weighted by Gasteiger charge is 2.30. The molecule has 94 valence electrons.